The van der Waals surface area contributed by atoms with E-state index in [4.69, 9.17) is 19.9 Å². The summed E-state index contributed by atoms with van der Waals surface area (Å²) >= 11 is 3.54. The smallest absolute Gasteiger partial charge is 0.162 e. The lowest BCUT2D eigenvalue weighted by atomic mass is 10.1. The third kappa shape index (κ3) is 6.85. The Morgan fingerprint density at radius 2 is 1.85 bits per heavy atom. The molecular formula is C29H26BrFN4O4S. The molecule has 3 aromatic carbocycles. The first-order valence-electron chi connectivity index (χ1n) is 12.4. The molecule has 0 aliphatic carbocycles. The van der Waals surface area contributed by atoms with Crippen LogP contribution in [0.4, 0.5) is 10.2 Å². The number of nitrogen functional groups attached to an aromatic ring is 1. The number of fused-ring (bicyclic) bond motifs is 1. The van der Waals surface area contributed by atoms with E-state index in [0.29, 0.717) is 57.4 Å². The van der Waals surface area contributed by atoms with Gasteiger partial charge in [0.05, 0.1) is 22.3 Å². The van der Waals surface area contributed by atoms with Crippen LogP contribution in [0.3, 0.4) is 0 Å². The number of rotatable bonds is 10. The van der Waals surface area contributed by atoms with Crippen molar-refractivity contribution in [1.82, 2.24) is 15.3 Å². The number of hydrogen-bond acceptors (Lipinski definition) is 8. The van der Waals surface area contributed by atoms with E-state index < -0.39 is 9.84 Å². The quantitative estimate of drug-likeness (QED) is 0.188. The lowest BCUT2D eigenvalue weighted by Gasteiger charge is -2.11. The first-order chi connectivity index (χ1) is 19.1. The predicted molar refractivity (Wildman–Crippen MR) is 157 cm³/mol. The number of aromatic nitrogens is 2. The Balaban J connectivity index is 1.30. The normalized spacial score (nSPS) is 11.7. The number of nitrogens with two attached hydrogens (primary N) is 1. The van der Waals surface area contributed by atoms with Crippen LogP contribution in [0.5, 0.6) is 5.75 Å². The summed E-state index contributed by atoms with van der Waals surface area (Å²) < 4.78 is 48.5. The summed E-state index contributed by atoms with van der Waals surface area (Å²) in [6.07, 6.45) is 1.21. The SMILES string of the molecule is CS(=O)(=O)CCNCc1ccc(-c2ccc3nc(-c4ccc(OCc5cccc(F)c5)c(Br)c4)nc(N)c3c2)o1. The van der Waals surface area contributed by atoms with Gasteiger partial charge in [0.1, 0.15) is 45.3 Å². The molecular weight excluding hydrogens is 599 g/mol. The topological polar surface area (TPSA) is 120 Å². The number of ether oxygens (including phenoxy) is 1. The van der Waals surface area contributed by atoms with Crippen molar-refractivity contribution in [3.05, 3.63) is 94.4 Å². The van der Waals surface area contributed by atoms with E-state index in [2.05, 4.69) is 26.2 Å². The van der Waals surface area contributed by atoms with Crippen molar-refractivity contribution in [1.29, 1.82) is 0 Å². The Bertz CT molecular complexity index is 1790. The van der Waals surface area contributed by atoms with Gasteiger partial charge in [-0.25, -0.2) is 22.8 Å². The fourth-order valence-corrected chi connectivity index (χ4v) is 5.08. The van der Waals surface area contributed by atoms with Crippen LogP contribution >= 0.6 is 15.9 Å². The fraction of sp³-hybridized carbons (Fsp3) is 0.172. The molecule has 0 bridgehead atoms. The van der Waals surface area contributed by atoms with E-state index in [1.165, 1.54) is 18.4 Å². The zero-order chi connectivity index (χ0) is 28.3. The molecule has 0 spiro atoms. The standard InChI is InChI=1S/C29H26BrFN4O4S/c1-40(36,37)12-11-33-16-22-7-10-26(39-22)19-5-8-25-23(14-19)28(32)35-29(34-25)20-6-9-27(24(30)15-20)38-17-18-3-2-4-21(31)13-18/h2-10,13-15,33H,11-12,16-17H2,1H3,(H2,32,34,35). The van der Waals surface area contributed by atoms with Gasteiger partial charge in [-0.05, 0) is 82.2 Å². The predicted octanol–water partition coefficient (Wildman–Crippen LogP) is 5.75. The third-order valence-corrected chi connectivity index (χ3v) is 7.66. The first-order valence-corrected chi connectivity index (χ1v) is 15.2. The van der Waals surface area contributed by atoms with Crippen molar-refractivity contribution in [3.8, 4) is 28.5 Å². The Hall–Kier alpha value is -3.80. The zero-order valence-electron chi connectivity index (χ0n) is 21.5. The van der Waals surface area contributed by atoms with Crippen LogP contribution in [0, 0.1) is 5.82 Å². The third-order valence-electron chi connectivity index (χ3n) is 6.09. The molecule has 0 radical (unpaired) electrons. The molecule has 0 saturated carbocycles. The minimum Gasteiger partial charge on any atom is -0.488 e. The number of nitrogens with one attached hydrogen (secondary N) is 1. The highest BCUT2D eigenvalue weighted by Gasteiger charge is 2.13. The van der Waals surface area contributed by atoms with Gasteiger partial charge >= 0.3 is 0 Å². The summed E-state index contributed by atoms with van der Waals surface area (Å²) in [5.74, 6) is 2.51. The van der Waals surface area contributed by atoms with Gasteiger partial charge in [-0.15, -0.1) is 0 Å². The second kappa shape index (κ2) is 11.7. The van der Waals surface area contributed by atoms with Crippen molar-refractivity contribution in [2.45, 2.75) is 13.2 Å². The summed E-state index contributed by atoms with van der Waals surface area (Å²) in [6.45, 7) is 0.999. The molecule has 2 heterocycles. The van der Waals surface area contributed by atoms with Gasteiger partial charge in [0.2, 0.25) is 0 Å². The van der Waals surface area contributed by atoms with Gasteiger partial charge in [-0.2, -0.15) is 0 Å². The van der Waals surface area contributed by atoms with Gasteiger partial charge in [0.25, 0.3) is 0 Å². The van der Waals surface area contributed by atoms with E-state index in [1.807, 2.05) is 42.5 Å². The second-order valence-corrected chi connectivity index (χ2v) is 12.4. The summed E-state index contributed by atoms with van der Waals surface area (Å²) in [6, 6.07) is 21.1. The maximum absolute atomic E-state index is 13.4. The minimum absolute atomic E-state index is 0.0674. The van der Waals surface area contributed by atoms with Crippen LogP contribution in [-0.4, -0.2) is 36.9 Å². The summed E-state index contributed by atoms with van der Waals surface area (Å²) in [4.78, 5) is 9.23. The van der Waals surface area contributed by atoms with Gasteiger partial charge in [0.15, 0.2) is 5.82 Å². The lowest BCUT2D eigenvalue weighted by Crippen LogP contribution is -2.21. The summed E-state index contributed by atoms with van der Waals surface area (Å²) in [5, 5.41) is 3.76. The number of furan rings is 1. The van der Waals surface area contributed by atoms with E-state index in [0.717, 1.165) is 16.7 Å². The Labute approximate surface area is 239 Å². The van der Waals surface area contributed by atoms with Gasteiger partial charge in [0, 0.05) is 29.3 Å². The minimum atomic E-state index is -3.01. The molecule has 11 heteroatoms. The monoisotopic (exact) mass is 624 g/mol. The Morgan fingerprint density at radius 3 is 2.62 bits per heavy atom. The molecule has 0 unspecified atom stereocenters. The number of halogens is 2. The van der Waals surface area contributed by atoms with Crippen LogP contribution < -0.4 is 15.8 Å². The Morgan fingerprint density at radius 1 is 1.02 bits per heavy atom. The molecule has 8 nitrogen and oxygen atoms in total. The van der Waals surface area contributed by atoms with Gasteiger partial charge in [-0.3, -0.25) is 0 Å². The van der Waals surface area contributed by atoms with Crippen molar-refractivity contribution in [2.75, 3.05) is 24.3 Å². The van der Waals surface area contributed by atoms with Gasteiger partial charge < -0.3 is 20.2 Å². The average Bonchev–Trinajstić information content (AvgIpc) is 3.39. The maximum atomic E-state index is 13.4. The highest BCUT2D eigenvalue weighted by atomic mass is 79.9. The van der Waals surface area contributed by atoms with Crippen molar-refractivity contribution < 1.29 is 22.0 Å². The molecule has 206 valence electrons. The summed E-state index contributed by atoms with van der Waals surface area (Å²) in [7, 11) is -3.01. The van der Waals surface area contributed by atoms with E-state index in [1.54, 1.807) is 18.2 Å². The molecule has 40 heavy (non-hydrogen) atoms. The molecule has 0 aliphatic rings. The van der Waals surface area contributed by atoms with Crippen molar-refractivity contribution in [2.24, 2.45) is 0 Å². The first kappa shape index (κ1) is 27.8. The molecule has 0 fully saturated rings. The largest absolute Gasteiger partial charge is 0.488 e. The number of anilines is 1. The van der Waals surface area contributed by atoms with Crippen molar-refractivity contribution in [3.63, 3.8) is 0 Å². The van der Waals surface area contributed by atoms with Crippen LogP contribution in [0.25, 0.3) is 33.6 Å². The zero-order valence-corrected chi connectivity index (χ0v) is 23.9. The number of nitrogens with zero attached hydrogens (tertiary/aromatic N) is 2. The van der Waals surface area contributed by atoms with Crippen LogP contribution in [0.15, 0.2) is 81.7 Å². The number of benzene rings is 3. The second-order valence-electron chi connectivity index (χ2n) is 9.30. The van der Waals surface area contributed by atoms with Crippen molar-refractivity contribution >= 4 is 42.5 Å². The molecule has 0 amide bonds. The highest BCUT2D eigenvalue weighted by Crippen LogP contribution is 2.33. The lowest BCUT2D eigenvalue weighted by molar-refractivity contribution is 0.303. The molecule has 0 saturated heterocycles. The molecule has 5 aromatic rings. The average molecular weight is 626 g/mol. The van der Waals surface area contributed by atoms with Crippen LogP contribution in [-0.2, 0) is 23.0 Å². The fourth-order valence-electron chi connectivity index (χ4n) is 4.08. The van der Waals surface area contributed by atoms with E-state index in [9.17, 15) is 12.8 Å². The summed E-state index contributed by atoms with van der Waals surface area (Å²) in [5.41, 5.74) is 9.33. The van der Waals surface area contributed by atoms with Crippen LogP contribution in [0.1, 0.15) is 11.3 Å². The molecule has 3 N–H and O–H groups in total. The molecule has 0 atom stereocenters. The number of sulfone groups is 1. The van der Waals surface area contributed by atoms with E-state index >= 15 is 0 Å². The highest BCUT2D eigenvalue weighted by molar-refractivity contribution is 9.10. The molecule has 5 rings (SSSR count). The van der Waals surface area contributed by atoms with Gasteiger partial charge in [-0.1, -0.05) is 12.1 Å². The maximum Gasteiger partial charge on any atom is 0.162 e. The van der Waals surface area contributed by atoms with E-state index in [-0.39, 0.29) is 18.2 Å². The molecule has 2 aromatic heterocycles. The van der Waals surface area contributed by atoms with Crippen LogP contribution in [0.2, 0.25) is 0 Å². The number of hydrogen-bond donors (Lipinski definition) is 2. The Kier molecular flexibility index (Phi) is 8.15. The molecule has 0 aliphatic heterocycles.